The number of hydrogen-bond acceptors (Lipinski definition) is 3. The lowest BCUT2D eigenvalue weighted by Gasteiger charge is -2.10. The molecule has 0 radical (unpaired) electrons. The average Bonchev–Trinajstić information content (AvgIpc) is 3.14. The van der Waals surface area contributed by atoms with Crippen LogP contribution in [0.5, 0.6) is 5.75 Å². The van der Waals surface area contributed by atoms with Crippen LogP contribution in [0.4, 0.5) is 0 Å². The molecule has 166 valence electrons. The molecule has 0 aliphatic rings. The number of hydrogen-bond donors (Lipinski definition) is 1. The molecule has 0 bridgehead atoms. The summed E-state index contributed by atoms with van der Waals surface area (Å²) in [6.07, 6.45) is 8.97. The lowest BCUT2D eigenvalue weighted by molar-refractivity contribution is 0.0996. The summed E-state index contributed by atoms with van der Waals surface area (Å²) >= 11 is 0. The first-order valence-corrected chi connectivity index (χ1v) is 11.0. The minimum Gasteiger partial charge on any atom is -0.493 e. The molecule has 1 amide bonds. The summed E-state index contributed by atoms with van der Waals surface area (Å²) in [5, 5.41) is 1.41. The molecule has 5 heteroatoms. The van der Waals surface area contributed by atoms with Crippen molar-refractivity contribution in [1.29, 1.82) is 0 Å². The van der Waals surface area contributed by atoms with Crippen molar-refractivity contribution in [2.75, 3.05) is 6.61 Å². The third-order valence-corrected chi connectivity index (χ3v) is 5.20. The molecule has 0 saturated carbocycles. The smallest absolute Gasteiger partial charge is 0.252 e. The minimum absolute atomic E-state index is 0.398. The zero-order valence-corrected chi connectivity index (χ0v) is 19.0. The van der Waals surface area contributed by atoms with E-state index in [2.05, 4.69) is 54.0 Å². The van der Waals surface area contributed by atoms with Gasteiger partial charge in [-0.1, -0.05) is 50.6 Å². The van der Waals surface area contributed by atoms with Gasteiger partial charge in [0.15, 0.2) is 0 Å². The number of primary amides is 1. The number of aryl methyl sites for hydroxylation is 2. The van der Waals surface area contributed by atoms with Crippen LogP contribution in [0.2, 0.25) is 0 Å². The fourth-order valence-corrected chi connectivity index (χ4v) is 3.67. The molecule has 2 aromatic carbocycles. The summed E-state index contributed by atoms with van der Waals surface area (Å²) in [4.78, 5) is 15.6. The summed E-state index contributed by atoms with van der Waals surface area (Å²) < 4.78 is 7.73. The van der Waals surface area contributed by atoms with Crippen molar-refractivity contribution in [3.8, 4) is 16.9 Å². The van der Waals surface area contributed by atoms with Crippen LogP contribution >= 0.6 is 0 Å². The highest BCUT2D eigenvalue weighted by Crippen LogP contribution is 2.26. The first kappa shape index (κ1) is 23.1. The molecule has 0 saturated heterocycles. The molecule has 0 spiro atoms. The number of benzene rings is 2. The van der Waals surface area contributed by atoms with Crippen molar-refractivity contribution < 1.29 is 9.53 Å². The number of ether oxygens (including phenoxy) is 1. The van der Waals surface area contributed by atoms with E-state index in [9.17, 15) is 4.79 Å². The molecule has 2 aromatic heterocycles. The maximum atomic E-state index is 11.5. The highest BCUT2D eigenvalue weighted by Gasteiger charge is 2.11. The van der Waals surface area contributed by atoms with Crippen LogP contribution in [0.25, 0.3) is 22.0 Å². The van der Waals surface area contributed by atoms with Crippen LogP contribution in [-0.2, 0) is 13.5 Å². The number of nitrogens with zero attached hydrogens (tertiary/aromatic N) is 2. The Bertz CT molecular complexity index is 1170. The van der Waals surface area contributed by atoms with E-state index in [0.717, 1.165) is 17.5 Å². The van der Waals surface area contributed by atoms with Crippen LogP contribution in [-0.4, -0.2) is 22.1 Å². The Morgan fingerprint density at radius 1 is 1.03 bits per heavy atom. The van der Waals surface area contributed by atoms with Gasteiger partial charge in [-0.15, -0.1) is 0 Å². The van der Waals surface area contributed by atoms with Gasteiger partial charge < -0.3 is 15.0 Å². The van der Waals surface area contributed by atoms with E-state index in [1.807, 2.05) is 25.1 Å². The third-order valence-electron chi connectivity index (χ3n) is 5.20. The van der Waals surface area contributed by atoms with Gasteiger partial charge in [-0.2, -0.15) is 0 Å². The Hall–Kier alpha value is -3.60. The number of fused-ring (bicyclic) bond motifs is 1. The van der Waals surface area contributed by atoms with Gasteiger partial charge in [0.1, 0.15) is 5.75 Å². The predicted octanol–water partition coefficient (Wildman–Crippen LogP) is 5.77. The van der Waals surface area contributed by atoms with E-state index in [-0.39, 0.29) is 0 Å². The van der Waals surface area contributed by atoms with E-state index in [0.29, 0.717) is 17.9 Å². The molecule has 0 fully saturated rings. The Morgan fingerprint density at radius 2 is 1.84 bits per heavy atom. The van der Waals surface area contributed by atoms with Crippen LogP contribution < -0.4 is 10.5 Å². The summed E-state index contributed by atoms with van der Waals surface area (Å²) in [5.41, 5.74) is 10.4. The number of aromatic nitrogens is 2. The molecular weight excluding hydrogens is 398 g/mol. The second kappa shape index (κ2) is 11.1. The molecule has 2 N–H and O–H groups in total. The van der Waals surface area contributed by atoms with E-state index >= 15 is 0 Å². The zero-order chi connectivity index (χ0) is 22.9. The van der Waals surface area contributed by atoms with Crippen LogP contribution in [0, 0.1) is 0 Å². The van der Waals surface area contributed by atoms with Gasteiger partial charge >= 0.3 is 0 Å². The lowest BCUT2D eigenvalue weighted by Crippen LogP contribution is -2.13. The van der Waals surface area contributed by atoms with Crippen molar-refractivity contribution in [2.45, 2.75) is 33.1 Å². The number of pyridine rings is 1. The highest BCUT2D eigenvalue weighted by atomic mass is 16.5. The van der Waals surface area contributed by atoms with Crippen LogP contribution in [0.15, 0.2) is 73.2 Å². The largest absolute Gasteiger partial charge is 0.493 e. The molecule has 0 atom stereocenters. The maximum Gasteiger partial charge on any atom is 0.252 e. The van der Waals surface area contributed by atoms with Gasteiger partial charge in [0.25, 0.3) is 5.91 Å². The van der Waals surface area contributed by atoms with Crippen LogP contribution in [0.1, 0.15) is 42.6 Å². The van der Waals surface area contributed by atoms with E-state index in [1.54, 1.807) is 24.5 Å². The SMILES string of the molecule is CCCOc1ccc(-c2cccnc2)cc1C(N)=O.CCCc1cn(C)c2ccccc12. The first-order chi connectivity index (χ1) is 15.5. The summed E-state index contributed by atoms with van der Waals surface area (Å²) in [5.74, 6) is 0.0406. The molecule has 4 rings (SSSR count). The fraction of sp³-hybridized carbons (Fsp3) is 0.259. The molecule has 32 heavy (non-hydrogen) atoms. The number of amides is 1. The summed E-state index contributed by atoms with van der Waals surface area (Å²) in [7, 11) is 2.11. The first-order valence-electron chi connectivity index (χ1n) is 11.0. The van der Waals surface area contributed by atoms with E-state index < -0.39 is 5.91 Å². The average molecular weight is 430 g/mol. The Balaban J connectivity index is 0.000000193. The number of carbonyl (C=O) groups is 1. The quantitative estimate of drug-likeness (QED) is 0.406. The Kier molecular flexibility index (Phi) is 8.03. The van der Waals surface area contributed by atoms with E-state index in [4.69, 9.17) is 10.5 Å². The molecule has 0 aliphatic carbocycles. The zero-order valence-electron chi connectivity index (χ0n) is 19.0. The third kappa shape index (κ3) is 5.55. The fourth-order valence-electron chi connectivity index (χ4n) is 3.67. The van der Waals surface area contributed by atoms with Crippen molar-refractivity contribution in [1.82, 2.24) is 9.55 Å². The van der Waals surface area contributed by atoms with Gasteiger partial charge in [-0.3, -0.25) is 9.78 Å². The standard InChI is InChI=1S/C15H16N2O2.C12H15N/c1-2-8-19-14-6-5-11(9-13(14)15(16)18)12-4-3-7-17-10-12;1-3-6-10-9-13(2)12-8-5-4-7-11(10)12/h3-7,9-10H,2,8H2,1H3,(H2,16,18);4-5,7-9H,3,6H2,1-2H3. The Labute approximate surface area is 189 Å². The van der Waals surface area contributed by atoms with Gasteiger partial charge in [0, 0.05) is 42.1 Å². The van der Waals surface area contributed by atoms with Crippen LogP contribution in [0.3, 0.4) is 0 Å². The highest BCUT2D eigenvalue weighted by molar-refractivity contribution is 5.97. The van der Waals surface area contributed by atoms with Gasteiger partial charge in [-0.25, -0.2) is 0 Å². The molecule has 0 aliphatic heterocycles. The minimum atomic E-state index is -0.489. The predicted molar refractivity (Wildman–Crippen MR) is 131 cm³/mol. The number of rotatable bonds is 7. The van der Waals surface area contributed by atoms with Gasteiger partial charge in [0.05, 0.1) is 12.2 Å². The number of para-hydroxylation sites is 1. The van der Waals surface area contributed by atoms with Crippen molar-refractivity contribution in [2.24, 2.45) is 12.8 Å². The normalized spacial score (nSPS) is 10.5. The summed E-state index contributed by atoms with van der Waals surface area (Å²) in [6, 6.07) is 17.8. The second-order valence-electron chi connectivity index (χ2n) is 7.70. The molecule has 5 nitrogen and oxygen atoms in total. The summed E-state index contributed by atoms with van der Waals surface area (Å²) in [6.45, 7) is 4.79. The van der Waals surface area contributed by atoms with Crippen molar-refractivity contribution in [3.63, 3.8) is 0 Å². The molecular formula is C27H31N3O2. The van der Waals surface area contributed by atoms with Gasteiger partial charge in [-0.05, 0) is 48.2 Å². The number of carbonyl (C=O) groups excluding carboxylic acids is 1. The monoisotopic (exact) mass is 429 g/mol. The maximum absolute atomic E-state index is 11.5. The molecule has 0 unspecified atom stereocenters. The number of nitrogens with two attached hydrogens (primary N) is 1. The molecule has 2 heterocycles. The topological polar surface area (TPSA) is 70.1 Å². The van der Waals surface area contributed by atoms with Crippen molar-refractivity contribution in [3.05, 3.63) is 84.3 Å². The van der Waals surface area contributed by atoms with Gasteiger partial charge in [0.2, 0.25) is 0 Å². The second-order valence-corrected chi connectivity index (χ2v) is 7.70. The molecule has 4 aromatic rings. The van der Waals surface area contributed by atoms with Crippen molar-refractivity contribution >= 4 is 16.8 Å². The Morgan fingerprint density at radius 3 is 2.53 bits per heavy atom. The van der Waals surface area contributed by atoms with E-state index in [1.165, 1.54) is 29.3 Å². The lowest BCUT2D eigenvalue weighted by atomic mass is 10.0.